The number of piperazine rings is 1. The van der Waals surface area contributed by atoms with Gasteiger partial charge in [0.15, 0.2) is 0 Å². The predicted octanol–water partition coefficient (Wildman–Crippen LogP) is 1.63. The standard InChI is InChI=1S/C15H20FN3O2/c1-4-15(5-2)14(21)18-10(3)13(20)19(15)9-11-6-12(16)8-17-7-11/h6-8,10H,4-5,9H2,1-3H3,(H,18,21). The van der Waals surface area contributed by atoms with Crippen LogP contribution in [0.3, 0.4) is 0 Å². The molecule has 2 amide bonds. The molecule has 0 aliphatic carbocycles. The van der Waals surface area contributed by atoms with Gasteiger partial charge in [0.2, 0.25) is 11.8 Å². The van der Waals surface area contributed by atoms with Gasteiger partial charge >= 0.3 is 0 Å². The molecule has 1 N–H and O–H groups in total. The Balaban J connectivity index is 2.39. The third-order valence-corrected chi connectivity index (χ3v) is 4.20. The molecule has 0 bridgehead atoms. The summed E-state index contributed by atoms with van der Waals surface area (Å²) in [5.41, 5.74) is -0.299. The van der Waals surface area contributed by atoms with Gasteiger partial charge in [-0.3, -0.25) is 14.6 Å². The number of nitrogens with zero attached hydrogens (tertiary/aromatic N) is 2. The molecule has 2 heterocycles. The molecule has 1 unspecified atom stereocenters. The molecular weight excluding hydrogens is 273 g/mol. The zero-order valence-electron chi connectivity index (χ0n) is 12.5. The lowest BCUT2D eigenvalue weighted by atomic mass is 9.85. The molecule has 2 rings (SSSR count). The van der Waals surface area contributed by atoms with Crippen molar-refractivity contribution in [3.05, 3.63) is 29.8 Å². The molecule has 0 saturated carbocycles. The van der Waals surface area contributed by atoms with Crippen LogP contribution in [0, 0.1) is 5.82 Å². The lowest BCUT2D eigenvalue weighted by Crippen LogP contribution is -2.69. The van der Waals surface area contributed by atoms with Crippen molar-refractivity contribution in [2.75, 3.05) is 0 Å². The second kappa shape index (κ2) is 5.79. The summed E-state index contributed by atoms with van der Waals surface area (Å²) in [6.07, 6.45) is 3.65. The lowest BCUT2D eigenvalue weighted by molar-refractivity contribution is -0.158. The molecule has 1 saturated heterocycles. The van der Waals surface area contributed by atoms with E-state index in [2.05, 4.69) is 10.3 Å². The first kappa shape index (κ1) is 15.4. The maximum absolute atomic E-state index is 13.3. The molecule has 1 aliphatic rings. The summed E-state index contributed by atoms with van der Waals surface area (Å²) in [5, 5.41) is 2.73. The maximum atomic E-state index is 13.3. The quantitative estimate of drug-likeness (QED) is 0.917. The summed E-state index contributed by atoms with van der Waals surface area (Å²) in [4.78, 5) is 30.3. The monoisotopic (exact) mass is 293 g/mol. The number of pyridine rings is 1. The minimum atomic E-state index is -0.879. The number of nitrogens with one attached hydrogen (secondary N) is 1. The second-order valence-electron chi connectivity index (χ2n) is 5.37. The van der Waals surface area contributed by atoms with E-state index in [1.165, 1.54) is 12.3 Å². The maximum Gasteiger partial charge on any atom is 0.246 e. The predicted molar refractivity (Wildman–Crippen MR) is 75.7 cm³/mol. The van der Waals surface area contributed by atoms with Crippen LogP contribution < -0.4 is 5.32 Å². The lowest BCUT2D eigenvalue weighted by Gasteiger charge is -2.47. The fourth-order valence-electron chi connectivity index (χ4n) is 2.87. The highest BCUT2D eigenvalue weighted by Gasteiger charge is 2.49. The number of halogens is 1. The number of carbonyl (C=O) groups is 2. The van der Waals surface area contributed by atoms with E-state index < -0.39 is 17.4 Å². The van der Waals surface area contributed by atoms with Crippen molar-refractivity contribution in [2.24, 2.45) is 0 Å². The highest BCUT2D eigenvalue weighted by atomic mass is 19.1. The molecule has 1 aliphatic heterocycles. The fourth-order valence-corrected chi connectivity index (χ4v) is 2.87. The van der Waals surface area contributed by atoms with E-state index in [1.807, 2.05) is 13.8 Å². The molecule has 0 spiro atoms. The summed E-state index contributed by atoms with van der Waals surface area (Å²) in [7, 11) is 0. The first-order valence-corrected chi connectivity index (χ1v) is 7.16. The Hall–Kier alpha value is -1.98. The molecule has 1 fully saturated rings. The molecule has 1 aromatic heterocycles. The van der Waals surface area contributed by atoms with Crippen molar-refractivity contribution in [3.63, 3.8) is 0 Å². The third kappa shape index (κ3) is 2.62. The molecule has 0 radical (unpaired) electrons. The fraction of sp³-hybridized carbons (Fsp3) is 0.533. The van der Waals surface area contributed by atoms with Gasteiger partial charge in [0, 0.05) is 12.7 Å². The van der Waals surface area contributed by atoms with Gasteiger partial charge in [-0.05, 0) is 31.4 Å². The van der Waals surface area contributed by atoms with Crippen molar-refractivity contribution < 1.29 is 14.0 Å². The van der Waals surface area contributed by atoms with E-state index in [9.17, 15) is 14.0 Å². The van der Waals surface area contributed by atoms with E-state index in [0.29, 0.717) is 18.4 Å². The summed E-state index contributed by atoms with van der Waals surface area (Å²) in [6.45, 7) is 5.60. The summed E-state index contributed by atoms with van der Waals surface area (Å²) < 4.78 is 13.3. The SMILES string of the molecule is CCC1(CC)C(=O)NC(C)C(=O)N1Cc1cncc(F)c1. The van der Waals surface area contributed by atoms with Crippen LogP contribution in [0.25, 0.3) is 0 Å². The summed E-state index contributed by atoms with van der Waals surface area (Å²) in [6, 6.07) is 0.776. The van der Waals surface area contributed by atoms with E-state index in [1.54, 1.807) is 11.8 Å². The normalized spacial score (nSPS) is 21.3. The molecule has 1 atom stereocenters. The van der Waals surface area contributed by atoms with Gasteiger partial charge in [0.05, 0.1) is 6.20 Å². The number of hydrogen-bond acceptors (Lipinski definition) is 3. The van der Waals surface area contributed by atoms with E-state index in [0.717, 1.165) is 6.20 Å². The average Bonchev–Trinajstić information content (AvgIpc) is 2.46. The van der Waals surface area contributed by atoms with Crippen LogP contribution in [0.2, 0.25) is 0 Å². The van der Waals surface area contributed by atoms with Crippen molar-refractivity contribution in [1.29, 1.82) is 0 Å². The minimum Gasteiger partial charge on any atom is -0.343 e. The van der Waals surface area contributed by atoms with Crippen LogP contribution in [0.4, 0.5) is 4.39 Å². The largest absolute Gasteiger partial charge is 0.343 e. The van der Waals surface area contributed by atoms with Gasteiger partial charge < -0.3 is 10.2 Å². The topological polar surface area (TPSA) is 62.3 Å². The molecule has 21 heavy (non-hydrogen) atoms. The number of rotatable bonds is 4. The van der Waals surface area contributed by atoms with Crippen molar-refractivity contribution >= 4 is 11.8 Å². The molecule has 5 nitrogen and oxygen atoms in total. The van der Waals surface area contributed by atoms with Gasteiger partial charge in [-0.25, -0.2) is 4.39 Å². The summed E-state index contributed by atoms with van der Waals surface area (Å²) >= 11 is 0. The Morgan fingerprint density at radius 1 is 1.33 bits per heavy atom. The highest BCUT2D eigenvalue weighted by molar-refractivity contribution is 5.99. The van der Waals surface area contributed by atoms with Crippen LogP contribution in [-0.2, 0) is 16.1 Å². The Kier molecular flexibility index (Phi) is 4.25. The number of carbonyl (C=O) groups excluding carboxylic acids is 2. The number of hydrogen-bond donors (Lipinski definition) is 1. The van der Waals surface area contributed by atoms with Crippen LogP contribution in [0.5, 0.6) is 0 Å². The van der Waals surface area contributed by atoms with Gasteiger partial charge in [-0.2, -0.15) is 0 Å². The van der Waals surface area contributed by atoms with Gasteiger partial charge in [-0.1, -0.05) is 13.8 Å². The van der Waals surface area contributed by atoms with Gasteiger partial charge in [0.1, 0.15) is 17.4 Å². The van der Waals surface area contributed by atoms with E-state index in [4.69, 9.17) is 0 Å². The molecule has 6 heteroatoms. The van der Waals surface area contributed by atoms with E-state index in [-0.39, 0.29) is 18.4 Å². The van der Waals surface area contributed by atoms with Crippen LogP contribution in [-0.4, -0.2) is 33.3 Å². The number of amides is 2. The van der Waals surface area contributed by atoms with Crippen LogP contribution >= 0.6 is 0 Å². The van der Waals surface area contributed by atoms with Gasteiger partial charge in [0.25, 0.3) is 0 Å². The molecular formula is C15H20FN3O2. The minimum absolute atomic E-state index is 0.149. The first-order valence-electron chi connectivity index (χ1n) is 7.16. The Bertz CT molecular complexity index is 558. The second-order valence-corrected chi connectivity index (χ2v) is 5.37. The highest BCUT2D eigenvalue weighted by Crippen LogP contribution is 2.30. The smallest absolute Gasteiger partial charge is 0.246 e. The average molecular weight is 293 g/mol. The zero-order chi connectivity index (χ0) is 15.6. The number of aromatic nitrogens is 1. The van der Waals surface area contributed by atoms with Crippen molar-refractivity contribution in [3.8, 4) is 0 Å². The Labute approximate surface area is 123 Å². The summed E-state index contributed by atoms with van der Waals surface area (Å²) in [5.74, 6) is -0.750. The Morgan fingerprint density at radius 2 is 2.00 bits per heavy atom. The van der Waals surface area contributed by atoms with Crippen LogP contribution in [0.1, 0.15) is 39.2 Å². The third-order valence-electron chi connectivity index (χ3n) is 4.20. The van der Waals surface area contributed by atoms with Crippen molar-refractivity contribution in [1.82, 2.24) is 15.2 Å². The molecule has 1 aromatic rings. The molecule has 0 aromatic carbocycles. The molecule has 114 valence electrons. The van der Waals surface area contributed by atoms with Crippen molar-refractivity contribution in [2.45, 2.75) is 51.7 Å². The van der Waals surface area contributed by atoms with E-state index >= 15 is 0 Å². The van der Waals surface area contributed by atoms with Crippen LogP contribution in [0.15, 0.2) is 18.5 Å². The first-order chi connectivity index (χ1) is 9.94. The van der Waals surface area contributed by atoms with Gasteiger partial charge in [-0.15, -0.1) is 0 Å². The Morgan fingerprint density at radius 3 is 2.57 bits per heavy atom. The zero-order valence-corrected chi connectivity index (χ0v) is 12.5.